The van der Waals surface area contributed by atoms with Crippen molar-refractivity contribution in [3.05, 3.63) is 23.8 Å². The zero-order valence-corrected chi connectivity index (χ0v) is 10.1. The fourth-order valence-corrected chi connectivity index (χ4v) is 1.42. The molecule has 0 aliphatic heterocycles. The highest BCUT2D eigenvalue weighted by Gasteiger charge is 2.20. The van der Waals surface area contributed by atoms with E-state index in [-0.39, 0.29) is 29.8 Å². The van der Waals surface area contributed by atoms with Crippen LogP contribution in [0.2, 0.25) is 0 Å². The number of aliphatic hydroxyl groups is 1. The Morgan fingerprint density at radius 2 is 1.50 bits per heavy atom. The van der Waals surface area contributed by atoms with Gasteiger partial charge in [0.25, 0.3) is 0 Å². The van der Waals surface area contributed by atoms with Gasteiger partial charge in [0, 0.05) is 6.07 Å². The summed E-state index contributed by atoms with van der Waals surface area (Å²) in [6.45, 7) is 3.71. The molecule has 0 radical (unpaired) electrons. The molecule has 0 saturated carbocycles. The second-order valence-corrected chi connectivity index (χ2v) is 4.04. The molecule has 0 amide bonds. The van der Waals surface area contributed by atoms with E-state index < -0.39 is 12.1 Å². The standard InChI is InChI=1S/C11H17NO3.ClH/c1-6(2)11(15)10(12)7-3-8(13)5-9(14)4-7;/h3-6,10-11,13-15H,12H2,1-2H3;1H/t10-,11+;/m0./s1. The third-order valence-corrected chi connectivity index (χ3v) is 2.36. The molecule has 5 N–H and O–H groups in total. The smallest absolute Gasteiger partial charge is 0.119 e. The summed E-state index contributed by atoms with van der Waals surface area (Å²) in [4.78, 5) is 0. The fourth-order valence-electron chi connectivity index (χ4n) is 1.42. The number of rotatable bonds is 3. The van der Waals surface area contributed by atoms with Crippen LogP contribution in [0.25, 0.3) is 0 Å². The lowest BCUT2D eigenvalue weighted by Gasteiger charge is -2.22. The highest BCUT2D eigenvalue weighted by molar-refractivity contribution is 5.85. The van der Waals surface area contributed by atoms with Crippen molar-refractivity contribution in [2.24, 2.45) is 11.7 Å². The molecule has 0 aliphatic carbocycles. The molecule has 2 atom stereocenters. The lowest BCUT2D eigenvalue weighted by Crippen LogP contribution is -2.30. The molecule has 0 fully saturated rings. The monoisotopic (exact) mass is 247 g/mol. The molecule has 0 bridgehead atoms. The summed E-state index contributed by atoms with van der Waals surface area (Å²) >= 11 is 0. The molecule has 1 rings (SSSR count). The van der Waals surface area contributed by atoms with Gasteiger partial charge in [-0.25, -0.2) is 0 Å². The van der Waals surface area contributed by atoms with Gasteiger partial charge in [-0.05, 0) is 23.6 Å². The van der Waals surface area contributed by atoms with Gasteiger partial charge in [-0.15, -0.1) is 12.4 Å². The third-order valence-electron chi connectivity index (χ3n) is 2.36. The summed E-state index contributed by atoms with van der Waals surface area (Å²) in [5.74, 6) is -0.0997. The Hall–Kier alpha value is -0.970. The number of phenolic OH excluding ortho intramolecular Hbond substituents is 2. The fraction of sp³-hybridized carbons (Fsp3) is 0.455. The van der Waals surface area contributed by atoms with Gasteiger partial charge in [-0.2, -0.15) is 0 Å². The van der Waals surface area contributed by atoms with Gasteiger partial charge in [0.15, 0.2) is 0 Å². The number of nitrogens with two attached hydrogens (primary N) is 1. The highest BCUT2D eigenvalue weighted by atomic mass is 35.5. The molecule has 92 valence electrons. The first-order valence-corrected chi connectivity index (χ1v) is 4.88. The zero-order valence-electron chi connectivity index (χ0n) is 9.29. The summed E-state index contributed by atoms with van der Waals surface area (Å²) in [6.07, 6.45) is -0.703. The van der Waals surface area contributed by atoms with E-state index in [0.717, 1.165) is 0 Å². The van der Waals surface area contributed by atoms with Crippen molar-refractivity contribution in [2.45, 2.75) is 26.0 Å². The molecule has 0 heterocycles. The Labute approximate surface area is 101 Å². The molecule has 4 nitrogen and oxygen atoms in total. The van der Waals surface area contributed by atoms with Crippen LogP contribution in [0.3, 0.4) is 0 Å². The SMILES string of the molecule is CC(C)[C@@H](O)[C@@H](N)c1cc(O)cc(O)c1.Cl. The largest absolute Gasteiger partial charge is 0.508 e. The molecule has 0 unspecified atom stereocenters. The predicted molar refractivity (Wildman–Crippen MR) is 64.8 cm³/mol. The Kier molecular flexibility index (Phi) is 5.58. The predicted octanol–water partition coefficient (Wildman–Crippen LogP) is 1.54. The van der Waals surface area contributed by atoms with Gasteiger partial charge in [-0.3, -0.25) is 0 Å². The molecular formula is C11H18ClNO3. The van der Waals surface area contributed by atoms with Crippen LogP contribution < -0.4 is 5.73 Å². The summed E-state index contributed by atoms with van der Waals surface area (Å²) in [5, 5.41) is 28.3. The van der Waals surface area contributed by atoms with Crippen molar-refractivity contribution in [3.63, 3.8) is 0 Å². The first-order chi connectivity index (χ1) is 6.91. The van der Waals surface area contributed by atoms with Crippen molar-refractivity contribution in [3.8, 4) is 11.5 Å². The number of hydrogen-bond donors (Lipinski definition) is 4. The maximum atomic E-state index is 9.74. The van der Waals surface area contributed by atoms with Crippen LogP contribution >= 0.6 is 12.4 Å². The van der Waals surface area contributed by atoms with E-state index in [1.165, 1.54) is 18.2 Å². The van der Waals surface area contributed by atoms with Crippen molar-refractivity contribution >= 4 is 12.4 Å². The van der Waals surface area contributed by atoms with Gasteiger partial charge < -0.3 is 21.1 Å². The first kappa shape index (κ1) is 15.0. The number of phenols is 2. The van der Waals surface area contributed by atoms with Crippen LogP contribution in [0.15, 0.2) is 18.2 Å². The number of aromatic hydroxyl groups is 2. The number of halogens is 1. The number of benzene rings is 1. The minimum Gasteiger partial charge on any atom is -0.508 e. The van der Waals surface area contributed by atoms with Crippen molar-refractivity contribution in [1.29, 1.82) is 0 Å². The van der Waals surface area contributed by atoms with Gasteiger partial charge in [-0.1, -0.05) is 13.8 Å². The highest BCUT2D eigenvalue weighted by Crippen LogP contribution is 2.27. The lowest BCUT2D eigenvalue weighted by molar-refractivity contribution is 0.0978. The van der Waals surface area contributed by atoms with Crippen LogP contribution in [-0.2, 0) is 0 Å². The van der Waals surface area contributed by atoms with E-state index in [1.54, 1.807) is 0 Å². The normalized spacial score (nSPS) is 14.3. The molecular weight excluding hydrogens is 230 g/mol. The van der Waals surface area contributed by atoms with Crippen LogP contribution in [-0.4, -0.2) is 21.4 Å². The maximum absolute atomic E-state index is 9.74. The van der Waals surface area contributed by atoms with Crippen LogP contribution in [0.4, 0.5) is 0 Å². The molecule has 0 aromatic heterocycles. The molecule has 5 heteroatoms. The van der Waals surface area contributed by atoms with Gasteiger partial charge in [0.05, 0.1) is 12.1 Å². The Bertz CT molecular complexity index is 324. The van der Waals surface area contributed by atoms with Crippen LogP contribution in [0, 0.1) is 5.92 Å². The first-order valence-electron chi connectivity index (χ1n) is 4.88. The minimum atomic E-state index is -0.703. The topological polar surface area (TPSA) is 86.7 Å². The van der Waals surface area contributed by atoms with Crippen molar-refractivity contribution in [2.75, 3.05) is 0 Å². The van der Waals surface area contributed by atoms with Crippen LogP contribution in [0.1, 0.15) is 25.5 Å². The number of hydrogen-bond acceptors (Lipinski definition) is 4. The molecule has 0 aliphatic rings. The second kappa shape index (κ2) is 5.94. The van der Waals surface area contributed by atoms with Crippen molar-refractivity contribution < 1.29 is 15.3 Å². The molecule has 0 spiro atoms. The summed E-state index contributed by atoms with van der Waals surface area (Å²) in [7, 11) is 0. The maximum Gasteiger partial charge on any atom is 0.119 e. The molecule has 0 saturated heterocycles. The summed E-state index contributed by atoms with van der Waals surface area (Å²) < 4.78 is 0. The lowest BCUT2D eigenvalue weighted by atomic mass is 9.94. The molecule has 16 heavy (non-hydrogen) atoms. The van der Waals surface area contributed by atoms with Gasteiger partial charge >= 0.3 is 0 Å². The van der Waals surface area contributed by atoms with Crippen LogP contribution in [0.5, 0.6) is 11.5 Å². The Morgan fingerprint density at radius 3 is 1.88 bits per heavy atom. The molecule has 1 aromatic rings. The second-order valence-electron chi connectivity index (χ2n) is 4.04. The van der Waals surface area contributed by atoms with E-state index in [0.29, 0.717) is 5.56 Å². The zero-order chi connectivity index (χ0) is 11.6. The average molecular weight is 248 g/mol. The minimum absolute atomic E-state index is 0. The van der Waals surface area contributed by atoms with E-state index in [2.05, 4.69) is 0 Å². The van der Waals surface area contributed by atoms with E-state index in [1.807, 2.05) is 13.8 Å². The van der Waals surface area contributed by atoms with Gasteiger partial charge in [0.2, 0.25) is 0 Å². The van der Waals surface area contributed by atoms with E-state index >= 15 is 0 Å². The Morgan fingerprint density at radius 1 is 1.06 bits per heavy atom. The van der Waals surface area contributed by atoms with E-state index in [4.69, 9.17) is 5.73 Å². The summed E-state index contributed by atoms with van der Waals surface area (Å²) in [5.41, 5.74) is 6.33. The quantitative estimate of drug-likeness (QED) is 0.653. The van der Waals surface area contributed by atoms with Crippen molar-refractivity contribution in [1.82, 2.24) is 0 Å². The Balaban J connectivity index is 0.00000225. The summed E-state index contributed by atoms with van der Waals surface area (Å²) in [6, 6.07) is 3.49. The third kappa shape index (κ3) is 3.56. The van der Waals surface area contributed by atoms with Gasteiger partial charge in [0.1, 0.15) is 11.5 Å². The van der Waals surface area contributed by atoms with E-state index in [9.17, 15) is 15.3 Å². The average Bonchev–Trinajstić information content (AvgIpc) is 2.13. The number of aliphatic hydroxyl groups excluding tert-OH is 1. The molecule has 1 aromatic carbocycles.